The van der Waals surface area contributed by atoms with Gasteiger partial charge in [0.1, 0.15) is 6.04 Å². The number of carboxylic acids is 1. The Balaban J connectivity index is 1.81. The highest BCUT2D eigenvalue weighted by molar-refractivity contribution is 5.91. The Bertz CT molecular complexity index is 853. The zero-order chi connectivity index (χ0) is 23.3. The van der Waals surface area contributed by atoms with Gasteiger partial charge in [0.05, 0.1) is 5.92 Å². The van der Waals surface area contributed by atoms with Gasteiger partial charge in [0.25, 0.3) is 0 Å². The van der Waals surface area contributed by atoms with Crippen LogP contribution in [0.4, 0.5) is 0 Å². The van der Waals surface area contributed by atoms with Gasteiger partial charge in [-0.1, -0.05) is 81.4 Å². The molecule has 1 amide bonds. The largest absolute Gasteiger partial charge is 0.480 e. The summed E-state index contributed by atoms with van der Waals surface area (Å²) in [6.07, 6.45) is 2.63. The van der Waals surface area contributed by atoms with Gasteiger partial charge in [0.2, 0.25) is 5.91 Å². The van der Waals surface area contributed by atoms with E-state index in [0.717, 1.165) is 30.5 Å². The molecule has 5 heteroatoms. The fraction of sp³-hybridized carbons (Fsp3) is 0.481. The number of nitrogens with zero attached hydrogens (tertiary/aromatic N) is 2. The number of hydrogen-bond donors (Lipinski definition) is 1. The van der Waals surface area contributed by atoms with Crippen molar-refractivity contribution in [1.82, 2.24) is 9.80 Å². The maximum atomic E-state index is 13.8. The highest BCUT2D eigenvalue weighted by Gasteiger charge is 2.43. The van der Waals surface area contributed by atoms with Crippen LogP contribution in [0.5, 0.6) is 0 Å². The first kappa shape index (κ1) is 24.0. The molecule has 0 spiro atoms. The molecule has 2 aromatic carbocycles. The maximum absolute atomic E-state index is 13.8. The van der Waals surface area contributed by atoms with Crippen LogP contribution >= 0.6 is 0 Å². The van der Waals surface area contributed by atoms with E-state index in [4.69, 9.17) is 0 Å². The van der Waals surface area contributed by atoms with Crippen LogP contribution in [0.15, 0.2) is 60.7 Å². The first-order valence-corrected chi connectivity index (χ1v) is 11.5. The number of hydrogen-bond acceptors (Lipinski definition) is 3. The summed E-state index contributed by atoms with van der Waals surface area (Å²) in [4.78, 5) is 29.8. The van der Waals surface area contributed by atoms with Crippen molar-refractivity contribution in [2.24, 2.45) is 5.41 Å². The molecule has 0 unspecified atom stereocenters. The van der Waals surface area contributed by atoms with Crippen LogP contribution in [-0.2, 0) is 9.59 Å². The van der Waals surface area contributed by atoms with Gasteiger partial charge in [0.15, 0.2) is 0 Å². The second-order valence-electron chi connectivity index (χ2n) is 10.1. The summed E-state index contributed by atoms with van der Waals surface area (Å²) in [7, 11) is 2.05. The monoisotopic (exact) mass is 436 g/mol. The van der Waals surface area contributed by atoms with Crippen LogP contribution in [-0.4, -0.2) is 59.0 Å². The third-order valence-corrected chi connectivity index (χ3v) is 6.42. The maximum Gasteiger partial charge on any atom is 0.326 e. The minimum absolute atomic E-state index is 0.0483. The van der Waals surface area contributed by atoms with E-state index in [2.05, 4.69) is 25.7 Å². The number of aliphatic carboxylic acids is 1. The average molecular weight is 437 g/mol. The Kier molecular flexibility index (Phi) is 7.73. The Morgan fingerprint density at radius 1 is 1.03 bits per heavy atom. The number of carbonyl (C=O) groups is 2. The van der Waals surface area contributed by atoms with Crippen molar-refractivity contribution in [3.05, 3.63) is 71.8 Å². The van der Waals surface area contributed by atoms with E-state index in [-0.39, 0.29) is 17.4 Å². The van der Waals surface area contributed by atoms with E-state index < -0.39 is 17.9 Å². The molecule has 1 aliphatic rings. The summed E-state index contributed by atoms with van der Waals surface area (Å²) in [5.74, 6) is -1.58. The number of likely N-dealkylation sites (tertiary alicyclic amines) is 1. The number of likely N-dealkylation sites (N-methyl/N-ethyl adjacent to an activating group) is 1. The molecule has 5 nitrogen and oxygen atoms in total. The third-order valence-electron chi connectivity index (χ3n) is 6.42. The number of benzene rings is 2. The molecule has 1 heterocycles. The van der Waals surface area contributed by atoms with Gasteiger partial charge in [-0.05, 0) is 49.4 Å². The quantitative estimate of drug-likeness (QED) is 0.655. The Labute approximate surface area is 192 Å². The summed E-state index contributed by atoms with van der Waals surface area (Å²) in [6.45, 7) is 8.04. The van der Waals surface area contributed by atoms with Crippen molar-refractivity contribution in [2.45, 2.75) is 58.0 Å². The molecule has 0 bridgehead atoms. The van der Waals surface area contributed by atoms with Crippen molar-refractivity contribution in [2.75, 3.05) is 20.1 Å². The fourth-order valence-electron chi connectivity index (χ4n) is 4.59. The molecule has 2 atom stereocenters. The minimum atomic E-state index is -0.927. The predicted octanol–water partition coefficient (Wildman–Crippen LogP) is 4.63. The summed E-state index contributed by atoms with van der Waals surface area (Å²) in [5.41, 5.74) is 2.05. The lowest BCUT2D eigenvalue weighted by Crippen LogP contribution is -2.43. The van der Waals surface area contributed by atoms with Crippen LogP contribution in [0.2, 0.25) is 0 Å². The van der Waals surface area contributed by atoms with Gasteiger partial charge < -0.3 is 14.9 Å². The van der Waals surface area contributed by atoms with Crippen LogP contribution in [0, 0.1) is 5.41 Å². The van der Waals surface area contributed by atoms with Crippen molar-refractivity contribution >= 4 is 11.9 Å². The van der Waals surface area contributed by atoms with Gasteiger partial charge in [-0.15, -0.1) is 0 Å². The molecule has 1 saturated heterocycles. The Hall–Kier alpha value is -2.66. The summed E-state index contributed by atoms with van der Waals surface area (Å²) < 4.78 is 0. The number of amides is 1. The number of carboxylic acid groups (broad SMARTS) is 1. The van der Waals surface area contributed by atoms with Crippen molar-refractivity contribution < 1.29 is 14.7 Å². The first-order valence-electron chi connectivity index (χ1n) is 11.5. The minimum Gasteiger partial charge on any atom is -0.480 e. The van der Waals surface area contributed by atoms with Gasteiger partial charge >= 0.3 is 5.97 Å². The zero-order valence-electron chi connectivity index (χ0n) is 19.7. The lowest BCUT2D eigenvalue weighted by atomic mass is 9.90. The fourth-order valence-corrected chi connectivity index (χ4v) is 4.59. The second-order valence-corrected chi connectivity index (χ2v) is 10.1. The van der Waals surface area contributed by atoms with E-state index in [1.54, 1.807) is 4.90 Å². The smallest absolute Gasteiger partial charge is 0.326 e. The molecule has 32 heavy (non-hydrogen) atoms. The molecule has 0 saturated carbocycles. The average Bonchev–Trinajstić information content (AvgIpc) is 3.21. The number of carbonyl (C=O) groups excluding carboxylic acids is 1. The van der Waals surface area contributed by atoms with Crippen LogP contribution in [0.1, 0.15) is 57.1 Å². The van der Waals surface area contributed by atoms with Crippen molar-refractivity contribution in [3.63, 3.8) is 0 Å². The molecule has 1 N–H and O–H groups in total. The van der Waals surface area contributed by atoms with E-state index in [9.17, 15) is 14.7 Å². The molecule has 172 valence electrons. The highest BCUT2D eigenvalue weighted by atomic mass is 16.4. The molecule has 0 aliphatic carbocycles. The summed E-state index contributed by atoms with van der Waals surface area (Å²) in [6, 6.07) is 18.5. The molecule has 0 radical (unpaired) electrons. The summed E-state index contributed by atoms with van der Waals surface area (Å²) in [5, 5.41) is 9.93. The molecule has 1 fully saturated rings. The van der Waals surface area contributed by atoms with E-state index >= 15 is 0 Å². The molecule has 2 aromatic rings. The normalized spacial score (nSPS) is 19.0. The molecule has 3 rings (SSSR count). The zero-order valence-corrected chi connectivity index (χ0v) is 19.7. The van der Waals surface area contributed by atoms with Crippen LogP contribution < -0.4 is 0 Å². The molecular weight excluding hydrogens is 400 g/mol. The predicted molar refractivity (Wildman–Crippen MR) is 128 cm³/mol. The first-order chi connectivity index (χ1) is 15.2. The Morgan fingerprint density at radius 3 is 2.03 bits per heavy atom. The molecule has 1 aliphatic heterocycles. The van der Waals surface area contributed by atoms with Crippen molar-refractivity contribution in [3.8, 4) is 0 Å². The lowest BCUT2D eigenvalue weighted by molar-refractivity contribution is -0.148. The van der Waals surface area contributed by atoms with Gasteiger partial charge in [-0.25, -0.2) is 4.79 Å². The highest BCUT2D eigenvalue weighted by Crippen LogP contribution is 2.32. The third kappa shape index (κ3) is 5.98. The Morgan fingerprint density at radius 2 is 1.56 bits per heavy atom. The van der Waals surface area contributed by atoms with Crippen LogP contribution in [0.3, 0.4) is 0 Å². The van der Waals surface area contributed by atoms with Gasteiger partial charge in [-0.3, -0.25) is 4.79 Å². The van der Waals surface area contributed by atoms with E-state index in [1.807, 2.05) is 67.7 Å². The topological polar surface area (TPSA) is 60.9 Å². The molecule has 0 aromatic heterocycles. The SMILES string of the molecule is CN(CCCC(C)(C)C)[C@H]1C[C@@H](C(=O)O)N(C(=O)C(c2ccccc2)c2ccccc2)C1. The van der Waals surface area contributed by atoms with E-state index in [1.165, 1.54) is 0 Å². The van der Waals surface area contributed by atoms with Gasteiger partial charge in [-0.2, -0.15) is 0 Å². The second kappa shape index (κ2) is 10.3. The lowest BCUT2D eigenvalue weighted by Gasteiger charge is -2.28. The van der Waals surface area contributed by atoms with Gasteiger partial charge in [0, 0.05) is 12.6 Å². The summed E-state index contributed by atoms with van der Waals surface area (Å²) >= 11 is 0. The molecular formula is C27H36N2O3. The van der Waals surface area contributed by atoms with E-state index in [0.29, 0.717) is 13.0 Å². The van der Waals surface area contributed by atoms with Crippen molar-refractivity contribution in [1.29, 1.82) is 0 Å². The number of rotatable bonds is 8. The van der Waals surface area contributed by atoms with Crippen LogP contribution in [0.25, 0.3) is 0 Å². The standard InChI is InChI=1S/C27H36N2O3/c1-27(2,3)16-11-17-28(4)22-18-23(26(31)32)29(19-22)25(30)24(20-12-7-5-8-13-20)21-14-9-6-10-15-21/h5-10,12-15,22-24H,11,16-19H2,1-4H3,(H,31,32)/t22-,23-/m0/s1.